The molecule has 0 aliphatic heterocycles. The third-order valence-corrected chi connectivity index (χ3v) is 2.92. The molecule has 0 radical (unpaired) electrons. The van der Waals surface area contributed by atoms with Gasteiger partial charge in [-0.2, -0.15) is 0 Å². The Morgan fingerprint density at radius 2 is 1.83 bits per heavy atom. The van der Waals surface area contributed by atoms with Crippen molar-refractivity contribution in [1.82, 2.24) is 0 Å². The molecule has 0 aromatic carbocycles. The van der Waals surface area contributed by atoms with Crippen LogP contribution in [-0.4, -0.2) is 8.42 Å². The SMILES string of the molecule is C=C/C(C)=C\C=C(/C)S(=O)(=O)Cl. The van der Waals surface area contributed by atoms with Gasteiger partial charge in [0.25, 0.3) is 9.05 Å². The second-order valence-electron chi connectivity index (χ2n) is 2.33. The lowest BCUT2D eigenvalue weighted by molar-refractivity contribution is 0.615. The summed E-state index contributed by atoms with van der Waals surface area (Å²) in [6.45, 7) is 6.78. The van der Waals surface area contributed by atoms with Crippen molar-refractivity contribution >= 4 is 19.7 Å². The largest absolute Gasteiger partial charge is 0.257 e. The average molecular weight is 207 g/mol. The fraction of sp³-hybridized carbons (Fsp3) is 0.250. The highest BCUT2D eigenvalue weighted by Gasteiger charge is 2.05. The Labute approximate surface area is 77.7 Å². The fourth-order valence-corrected chi connectivity index (χ4v) is 0.783. The van der Waals surface area contributed by atoms with Crippen LogP contribution in [0.4, 0.5) is 0 Å². The van der Waals surface area contributed by atoms with Crippen LogP contribution in [0.1, 0.15) is 13.8 Å². The van der Waals surface area contributed by atoms with Crippen LogP contribution in [-0.2, 0) is 9.05 Å². The van der Waals surface area contributed by atoms with Crippen molar-refractivity contribution < 1.29 is 8.42 Å². The lowest BCUT2D eigenvalue weighted by atomic mass is 10.3. The van der Waals surface area contributed by atoms with Gasteiger partial charge in [0.2, 0.25) is 0 Å². The summed E-state index contributed by atoms with van der Waals surface area (Å²) in [6.07, 6.45) is 4.71. The summed E-state index contributed by atoms with van der Waals surface area (Å²) in [5.74, 6) is 0. The molecule has 0 aromatic heterocycles. The zero-order chi connectivity index (χ0) is 9.78. The van der Waals surface area contributed by atoms with E-state index in [1.165, 1.54) is 13.0 Å². The first-order chi connectivity index (χ1) is 5.38. The first-order valence-electron chi connectivity index (χ1n) is 3.30. The predicted molar refractivity (Wildman–Crippen MR) is 52.5 cm³/mol. The van der Waals surface area contributed by atoms with E-state index in [9.17, 15) is 8.42 Å². The van der Waals surface area contributed by atoms with Gasteiger partial charge in [-0.15, -0.1) is 0 Å². The van der Waals surface area contributed by atoms with E-state index in [2.05, 4.69) is 6.58 Å². The number of rotatable bonds is 3. The Balaban J connectivity index is 4.73. The minimum atomic E-state index is -3.55. The van der Waals surface area contributed by atoms with E-state index in [1.54, 1.807) is 12.2 Å². The molecule has 0 bridgehead atoms. The fourth-order valence-electron chi connectivity index (χ4n) is 0.398. The number of hydrogen-bond donors (Lipinski definition) is 0. The van der Waals surface area contributed by atoms with Crippen LogP contribution in [0, 0.1) is 0 Å². The molecule has 68 valence electrons. The third kappa shape index (κ3) is 4.36. The first kappa shape index (κ1) is 11.5. The third-order valence-electron chi connectivity index (χ3n) is 1.29. The molecule has 0 amide bonds. The topological polar surface area (TPSA) is 34.1 Å². The minimum Gasteiger partial charge on any atom is -0.207 e. The summed E-state index contributed by atoms with van der Waals surface area (Å²) in [4.78, 5) is 0.130. The number of allylic oxidation sites excluding steroid dienone is 5. The molecule has 0 heterocycles. The summed E-state index contributed by atoms with van der Waals surface area (Å²) >= 11 is 0. The van der Waals surface area contributed by atoms with Crippen molar-refractivity contribution in [2.75, 3.05) is 0 Å². The van der Waals surface area contributed by atoms with Gasteiger partial charge in [0.1, 0.15) is 0 Å². The molecule has 2 nitrogen and oxygen atoms in total. The first-order valence-corrected chi connectivity index (χ1v) is 5.61. The quantitative estimate of drug-likeness (QED) is 0.526. The van der Waals surface area contributed by atoms with E-state index in [-0.39, 0.29) is 4.91 Å². The molecule has 0 aliphatic rings. The lowest BCUT2D eigenvalue weighted by Gasteiger charge is -1.91. The monoisotopic (exact) mass is 206 g/mol. The van der Waals surface area contributed by atoms with Gasteiger partial charge in [0.15, 0.2) is 0 Å². The molecule has 0 fully saturated rings. The molecule has 12 heavy (non-hydrogen) atoms. The van der Waals surface area contributed by atoms with Gasteiger partial charge >= 0.3 is 0 Å². The summed E-state index contributed by atoms with van der Waals surface area (Å²) in [5.41, 5.74) is 0.884. The maximum Gasteiger partial charge on any atom is 0.257 e. The van der Waals surface area contributed by atoms with Gasteiger partial charge in [-0.3, -0.25) is 0 Å². The summed E-state index contributed by atoms with van der Waals surface area (Å²) in [7, 11) is 1.51. The van der Waals surface area contributed by atoms with E-state index in [4.69, 9.17) is 10.7 Å². The normalized spacial score (nSPS) is 14.6. The Kier molecular flexibility index (Phi) is 4.28. The second-order valence-corrected chi connectivity index (χ2v) is 5.07. The standard InChI is InChI=1S/C8H11ClO2S/c1-4-7(2)5-6-8(3)12(9,10)11/h4-6H,1H2,2-3H3/b7-5-,8-6+. The van der Waals surface area contributed by atoms with Gasteiger partial charge in [0, 0.05) is 10.7 Å². The molecule has 0 aromatic rings. The van der Waals surface area contributed by atoms with Crippen LogP contribution in [0.25, 0.3) is 0 Å². The Bertz CT molecular complexity index is 323. The van der Waals surface area contributed by atoms with E-state index >= 15 is 0 Å². The number of hydrogen-bond acceptors (Lipinski definition) is 2. The minimum absolute atomic E-state index is 0.130. The van der Waals surface area contributed by atoms with Gasteiger partial charge in [-0.1, -0.05) is 24.3 Å². The van der Waals surface area contributed by atoms with Crippen molar-refractivity contribution in [2.45, 2.75) is 13.8 Å². The van der Waals surface area contributed by atoms with E-state index in [0.717, 1.165) is 5.57 Å². The average Bonchev–Trinajstić information content (AvgIpc) is 1.97. The van der Waals surface area contributed by atoms with Crippen molar-refractivity contribution in [3.63, 3.8) is 0 Å². The van der Waals surface area contributed by atoms with Crippen LogP contribution in [0.3, 0.4) is 0 Å². The van der Waals surface area contributed by atoms with E-state index in [1.807, 2.05) is 6.92 Å². The Morgan fingerprint density at radius 1 is 1.33 bits per heavy atom. The van der Waals surface area contributed by atoms with Crippen LogP contribution in [0.5, 0.6) is 0 Å². The smallest absolute Gasteiger partial charge is 0.207 e. The van der Waals surface area contributed by atoms with Crippen molar-refractivity contribution in [3.05, 3.63) is 35.3 Å². The second kappa shape index (κ2) is 4.48. The van der Waals surface area contributed by atoms with E-state index < -0.39 is 9.05 Å². The van der Waals surface area contributed by atoms with Gasteiger partial charge in [0.05, 0.1) is 4.91 Å². The molecule has 0 spiro atoms. The molecule has 4 heteroatoms. The molecule has 0 rings (SSSR count). The highest BCUT2D eigenvalue weighted by molar-refractivity contribution is 8.16. The van der Waals surface area contributed by atoms with Crippen LogP contribution in [0.2, 0.25) is 0 Å². The summed E-state index contributed by atoms with van der Waals surface area (Å²) in [6, 6.07) is 0. The maximum absolute atomic E-state index is 10.7. The van der Waals surface area contributed by atoms with Gasteiger partial charge < -0.3 is 0 Å². The Morgan fingerprint density at radius 3 is 2.17 bits per heavy atom. The highest BCUT2D eigenvalue weighted by Crippen LogP contribution is 2.11. The van der Waals surface area contributed by atoms with Crippen LogP contribution < -0.4 is 0 Å². The molecule has 0 atom stereocenters. The lowest BCUT2D eigenvalue weighted by Crippen LogP contribution is -1.88. The van der Waals surface area contributed by atoms with Crippen LogP contribution in [0.15, 0.2) is 35.3 Å². The maximum atomic E-state index is 10.7. The molecular weight excluding hydrogens is 196 g/mol. The molecule has 0 unspecified atom stereocenters. The van der Waals surface area contributed by atoms with Gasteiger partial charge in [-0.05, 0) is 19.9 Å². The zero-order valence-electron chi connectivity index (χ0n) is 7.04. The number of halogens is 1. The van der Waals surface area contributed by atoms with Crippen LogP contribution >= 0.6 is 10.7 Å². The van der Waals surface area contributed by atoms with Crippen molar-refractivity contribution in [1.29, 1.82) is 0 Å². The molecule has 0 saturated heterocycles. The summed E-state index contributed by atoms with van der Waals surface area (Å²) in [5, 5.41) is 0. The van der Waals surface area contributed by atoms with Crippen molar-refractivity contribution in [3.8, 4) is 0 Å². The summed E-state index contributed by atoms with van der Waals surface area (Å²) < 4.78 is 21.3. The molecule has 0 N–H and O–H groups in total. The highest BCUT2D eigenvalue weighted by atomic mass is 35.7. The Hall–Kier alpha value is -0.540. The molecule has 0 saturated carbocycles. The zero-order valence-corrected chi connectivity index (χ0v) is 8.61. The van der Waals surface area contributed by atoms with Crippen molar-refractivity contribution in [2.24, 2.45) is 0 Å². The molecular formula is C8H11ClO2S. The molecule has 0 aliphatic carbocycles. The van der Waals surface area contributed by atoms with Gasteiger partial charge in [-0.25, -0.2) is 8.42 Å². The predicted octanol–water partition coefficient (Wildman–Crippen LogP) is 2.59. The van der Waals surface area contributed by atoms with E-state index in [0.29, 0.717) is 0 Å².